The first kappa shape index (κ1) is 16.4. The van der Waals surface area contributed by atoms with E-state index in [0.717, 1.165) is 19.4 Å². The van der Waals surface area contributed by atoms with Crippen molar-refractivity contribution in [1.82, 2.24) is 15.5 Å². The minimum atomic E-state index is -0.105. The molecular weight excluding hydrogens is 242 g/mol. The lowest BCUT2D eigenvalue weighted by Gasteiger charge is -2.26. The summed E-state index contributed by atoms with van der Waals surface area (Å²) in [5.41, 5.74) is 0. The van der Waals surface area contributed by atoms with E-state index in [1.807, 2.05) is 0 Å². The monoisotopic (exact) mass is 271 g/mol. The standard InChI is InChI=1S/C14H29N3O2/c1-10(2)6-11(17(3)4)8-16-14(18)13-7-12(19-5)9-15-13/h10-13,15H,6-9H2,1-5H3,(H,16,18). The molecule has 1 heterocycles. The minimum Gasteiger partial charge on any atom is -0.380 e. The first-order valence-electron chi connectivity index (χ1n) is 7.14. The predicted octanol–water partition coefficient (Wildman–Crippen LogP) is 0.456. The highest BCUT2D eigenvalue weighted by molar-refractivity contribution is 5.82. The number of ether oxygens (including phenoxy) is 1. The summed E-state index contributed by atoms with van der Waals surface area (Å²) in [6.07, 6.45) is 2.02. The average Bonchev–Trinajstić information content (AvgIpc) is 2.82. The molecule has 0 spiro atoms. The molecule has 1 saturated heterocycles. The Morgan fingerprint density at radius 1 is 1.47 bits per heavy atom. The number of hydrogen-bond donors (Lipinski definition) is 2. The highest BCUT2D eigenvalue weighted by atomic mass is 16.5. The van der Waals surface area contributed by atoms with Crippen LogP contribution in [0.1, 0.15) is 26.7 Å². The van der Waals surface area contributed by atoms with Crippen LogP contribution >= 0.6 is 0 Å². The second-order valence-corrected chi connectivity index (χ2v) is 6.05. The molecule has 0 aromatic heterocycles. The van der Waals surface area contributed by atoms with E-state index in [4.69, 9.17) is 4.74 Å². The highest BCUT2D eigenvalue weighted by Gasteiger charge is 2.29. The maximum Gasteiger partial charge on any atom is 0.237 e. The molecule has 5 heteroatoms. The van der Waals surface area contributed by atoms with Crippen LogP contribution in [0.3, 0.4) is 0 Å². The van der Waals surface area contributed by atoms with Gasteiger partial charge in [-0.1, -0.05) is 13.8 Å². The van der Waals surface area contributed by atoms with Crippen molar-refractivity contribution in [2.45, 2.75) is 44.9 Å². The zero-order valence-corrected chi connectivity index (χ0v) is 12.9. The second kappa shape index (κ2) is 7.82. The molecule has 0 saturated carbocycles. The Kier molecular flexibility index (Phi) is 6.75. The molecule has 0 aromatic carbocycles. The van der Waals surface area contributed by atoms with Gasteiger partial charge in [-0.15, -0.1) is 0 Å². The Morgan fingerprint density at radius 2 is 2.16 bits per heavy atom. The number of carbonyl (C=O) groups excluding carboxylic acids is 1. The van der Waals surface area contributed by atoms with Crippen LogP contribution in [0.25, 0.3) is 0 Å². The maximum absolute atomic E-state index is 12.1. The van der Waals surface area contributed by atoms with Gasteiger partial charge < -0.3 is 20.3 Å². The molecule has 0 bridgehead atoms. The number of methoxy groups -OCH3 is 1. The molecule has 1 fully saturated rings. The predicted molar refractivity (Wildman–Crippen MR) is 77.1 cm³/mol. The SMILES string of the molecule is COC1CNC(C(=O)NCC(CC(C)C)N(C)C)C1. The van der Waals surface area contributed by atoms with Gasteiger partial charge in [-0.05, 0) is 32.9 Å². The van der Waals surface area contributed by atoms with Gasteiger partial charge >= 0.3 is 0 Å². The quantitative estimate of drug-likeness (QED) is 0.706. The fourth-order valence-corrected chi connectivity index (χ4v) is 2.45. The minimum absolute atomic E-state index is 0.0927. The van der Waals surface area contributed by atoms with Crippen molar-refractivity contribution >= 4 is 5.91 Å². The van der Waals surface area contributed by atoms with Gasteiger partial charge in [0, 0.05) is 26.2 Å². The molecule has 5 nitrogen and oxygen atoms in total. The molecule has 112 valence electrons. The van der Waals surface area contributed by atoms with E-state index in [2.05, 4.69) is 43.5 Å². The number of hydrogen-bond acceptors (Lipinski definition) is 4. The Bertz CT molecular complexity index is 282. The molecule has 2 N–H and O–H groups in total. The van der Waals surface area contributed by atoms with Crippen molar-refractivity contribution in [2.75, 3.05) is 34.3 Å². The van der Waals surface area contributed by atoms with E-state index >= 15 is 0 Å². The summed E-state index contributed by atoms with van der Waals surface area (Å²) < 4.78 is 5.26. The zero-order chi connectivity index (χ0) is 14.4. The number of rotatable bonds is 7. The van der Waals surface area contributed by atoms with E-state index in [-0.39, 0.29) is 18.1 Å². The molecule has 1 aliphatic heterocycles. The molecule has 0 aromatic rings. The van der Waals surface area contributed by atoms with Crippen LogP contribution in [0.2, 0.25) is 0 Å². The number of amides is 1. The van der Waals surface area contributed by atoms with Gasteiger partial charge in [0.2, 0.25) is 5.91 Å². The molecule has 3 atom stereocenters. The lowest BCUT2D eigenvalue weighted by molar-refractivity contribution is -0.123. The van der Waals surface area contributed by atoms with E-state index in [1.165, 1.54) is 0 Å². The lowest BCUT2D eigenvalue weighted by Crippen LogP contribution is -2.46. The summed E-state index contributed by atoms with van der Waals surface area (Å²) in [6, 6.07) is 0.287. The maximum atomic E-state index is 12.1. The van der Waals surface area contributed by atoms with Crippen LogP contribution in [-0.2, 0) is 9.53 Å². The van der Waals surface area contributed by atoms with Crippen molar-refractivity contribution in [3.8, 4) is 0 Å². The number of nitrogens with one attached hydrogen (secondary N) is 2. The average molecular weight is 271 g/mol. The van der Waals surface area contributed by atoms with Crippen molar-refractivity contribution in [1.29, 1.82) is 0 Å². The molecule has 0 aliphatic carbocycles. The molecule has 0 radical (unpaired) electrons. The largest absolute Gasteiger partial charge is 0.380 e. The number of likely N-dealkylation sites (N-methyl/N-ethyl adjacent to an activating group) is 1. The number of nitrogens with zero attached hydrogens (tertiary/aromatic N) is 1. The van der Waals surface area contributed by atoms with Crippen LogP contribution in [0.15, 0.2) is 0 Å². The van der Waals surface area contributed by atoms with Crippen molar-refractivity contribution < 1.29 is 9.53 Å². The van der Waals surface area contributed by atoms with Gasteiger partial charge in [-0.3, -0.25) is 4.79 Å². The van der Waals surface area contributed by atoms with Gasteiger partial charge in [-0.2, -0.15) is 0 Å². The zero-order valence-electron chi connectivity index (χ0n) is 12.9. The first-order chi connectivity index (χ1) is 8.93. The van der Waals surface area contributed by atoms with Crippen LogP contribution < -0.4 is 10.6 Å². The van der Waals surface area contributed by atoms with Crippen molar-refractivity contribution in [3.63, 3.8) is 0 Å². The Balaban J connectivity index is 2.35. The first-order valence-corrected chi connectivity index (χ1v) is 7.14. The summed E-state index contributed by atoms with van der Waals surface area (Å²) in [5.74, 6) is 0.724. The van der Waals surface area contributed by atoms with Gasteiger partial charge in [0.1, 0.15) is 0 Å². The molecular formula is C14H29N3O2. The summed E-state index contributed by atoms with van der Waals surface area (Å²) >= 11 is 0. The topological polar surface area (TPSA) is 53.6 Å². The van der Waals surface area contributed by atoms with Gasteiger partial charge in [0.25, 0.3) is 0 Å². The third kappa shape index (κ3) is 5.47. The Morgan fingerprint density at radius 3 is 2.63 bits per heavy atom. The molecule has 3 unspecified atom stereocenters. The summed E-state index contributed by atoms with van der Waals surface area (Å²) in [4.78, 5) is 14.3. The smallest absolute Gasteiger partial charge is 0.237 e. The Labute approximate surface area is 117 Å². The van der Waals surface area contributed by atoms with Crippen LogP contribution in [0.4, 0.5) is 0 Å². The van der Waals surface area contributed by atoms with E-state index in [1.54, 1.807) is 7.11 Å². The fourth-order valence-electron chi connectivity index (χ4n) is 2.45. The van der Waals surface area contributed by atoms with Gasteiger partial charge in [0.05, 0.1) is 12.1 Å². The van der Waals surface area contributed by atoms with Gasteiger partial charge in [0.15, 0.2) is 0 Å². The fraction of sp³-hybridized carbons (Fsp3) is 0.929. The third-order valence-corrected chi connectivity index (χ3v) is 3.73. The lowest BCUT2D eigenvalue weighted by atomic mass is 10.0. The van der Waals surface area contributed by atoms with Crippen molar-refractivity contribution in [2.24, 2.45) is 5.92 Å². The summed E-state index contributed by atoms with van der Waals surface area (Å²) in [6.45, 7) is 5.89. The summed E-state index contributed by atoms with van der Waals surface area (Å²) in [7, 11) is 5.82. The van der Waals surface area contributed by atoms with Gasteiger partial charge in [-0.25, -0.2) is 0 Å². The van der Waals surface area contributed by atoms with E-state index < -0.39 is 0 Å². The Hall–Kier alpha value is -0.650. The molecule has 19 heavy (non-hydrogen) atoms. The third-order valence-electron chi connectivity index (χ3n) is 3.73. The number of carbonyl (C=O) groups is 1. The van der Waals surface area contributed by atoms with Crippen LogP contribution in [0.5, 0.6) is 0 Å². The summed E-state index contributed by atoms with van der Waals surface area (Å²) in [5, 5.41) is 6.26. The van der Waals surface area contributed by atoms with E-state index in [9.17, 15) is 4.79 Å². The molecule has 1 rings (SSSR count). The van der Waals surface area contributed by atoms with Crippen molar-refractivity contribution in [3.05, 3.63) is 0 Å². The normalized spacial score (nSPS) is 25.0. The molecule has 1 aliphatic rings. The molecule has 1 amide bonds. The second-order valence-electron chi connectivity index (χ2n) is 6.05. The van der Waals surface area contributed by atoms with Crippen LogP contribution in [0, 0.1) is 5.92 Å². The highest BCUT2D eigenvalue weighted by Crippen LogP contribution is 2.11. The van der Waals surface area contributed by atoms with Crippen LogP contribution in [-0.4, -0.2) is 63.3 Å². The van der Waals surface area contributed by atoms with E-state index in [0.29, 0.717) is 18.5 Å².